The summed E-state index contributed by atoms with van der Waals surface area (Å²) >= 11 is 6.73. The number of nitrogens with zero attached hydrogens (tertiary/aromatic N) is 2. The van der Waals surface area contributed by atoms with Gasteiger partial charge in [-0.15, -0.1) is 10.2 Å². The predicted molar refractivity (Wildman–Crippen MR) is 120 cm³/mol. The number of ether oxygens (including phenoxy) is 1. The lowest BCUT2D eigenvalue weighted by atomic mass is 10.1. The average Bonchev–Trinajstić information content (AvgIpc) is 3.22. The molecule has 0 aliphatic rings. The number of nitrogens with one attached hydrogen (secondary N) is 2. The van der Waals surface area contributed by atoms with Gasteiger partial charge in [0.1, 0.15) is 12.4 Å². The zero-order chi connectivity index (χ0) is 22.3. The van der Waals surface area contributed by atoms with Gasteiger partial charge < -0.3 is 4.74 Å². The molecule has 11 heteroatoms. The first-order valence-corrected chi connectivity index (χ1v) is 12.2. The molecular weight excluding hydrogens is 460 g/mol. The lowest BCUT2D eigenvalue weighted by Gasteiger charge is -2.07. The second-order valence-corrected chi connectivity index (χ2v) is 9.77. The van der Waals surface area contributed by atoms with Crippen LogP contribution in [0.15, 0.2) is 52.9 Å². The van der Waals surface area contributed by atoms with Crippen LogP contribution >= 0.6 is 22.9 Å². The summed E-state index contributed by atoms with van der Waals surface area (Å²) < 4.78 is 32.5. The number of aryl methyl sites for hydroxylation is 1. The van der Waals surface area contributed by atoms with Gasteiger partial charge in [0.05, 0.1) is 10.6 Å². The monoisotopic (exact) mass is 480 g/mol. The Hall–Kier alpha value is -2.53. The minimum absolute atomic E-state index is 0.0497. The lowest BCUT2D eigenvalue weighted by molar-refractivity contribution is 0.102. The summed E-state index contributed by atoms with van der Waals surface area (Å²) in [5.41, 5.74) is 1.48. The third-order valence-electron chi connectivity index (χ3n) is 4.10. The van der Waals surface area contributed by atoms with Gasteiger partial charge >= 0.3 is 0 Å². The van der Waals surface area contributed by atoms with Crippen LogP contribution in [0.5, 0.6) is 5.75 Å². The van der Waals surface area contributed by atoms with E-state index in [0.717, 1.165) is 24.2 Å². The van der Waals surface area contributed by atoms with E-state index in [4.69, 9.17) is 16.3 Å². The van der Waals surface area contributed by atoms with Crippen LogP contribution in [0.2, 0.25) is 5.02 Å². The Morgan fingerprint density at radius 3 is 2.58 bits per heavy atom. The van der Waals surface area contributed by atoms with Gasteiger partial charge in [0.25, 0.3) is 15.9 Å². The van der Waals surface area contributed by atoms with E-state index in [9.17, 15) is 13.2 Å². The number of halogens is 1. The Morgan fingerprint density at radius 1 is 1.13 bits per heavy atom. The highest BCUT2D eigenvalue weighted by Gasteiger charge is 2.21. The Balaban J connectivity index is 1.51. The lowest BCUT2D eigenvalue weighted by Crippen LogP contribution is -2.28. The molecule has 0 saturated carbocycles. The van der Waals surface area contributed by atoms with E-state index < -0.39 is 15.9 Å². The van der Waals surface area contributed by atoms with E-state index >= 15 is 0 Å². The first kappa shape index (κ1) is 23.1. The van der Waals surface area contributed by atoms with Gasteiger partial charge in [-0.1, -0.05) is 60.5 Å². The fraction of sp³-hybridized carbons (Fsp3) is 0.250. The summed E-state index contributed by atoms with van der Waals surface area (Å²) in [5, 5.41) is 10.2. The molecule has 0 atom stereocenters. The zero-order valence-corrected chi connectivity index (χ0v) is 19.1. The van der Waals surface area contributed by atoms with Crippen molar-refractivity contribution in [2.24, 2.45) is 0 Å². The Labute approximate surface area is 189 Å². The van der Waals surface area contributed by atoms with E-state index in [1.165, 1.54) is 5.56 Å². The first-order chi connectivity index (χ1) is 14.9. The zero-order valence-electron chi connectivity index (χ0n) is 16.7. The van der Waals surface area contributed by atoms with Gasteiger partial charge in [-0.05, 0) is 36.2 Å². The molecule has 0 bridgehead atoms. The number of aromatic nitrogens is 2. The van der Waals surface area contributed by atoms with Crippen LogP contribution in [0.3, 0.4) is 0 Å². The largest absolute Gasteiger partial charge is 0.492 e. The van der Waals surface area contributed by atoms with Crippen LogP contribution in [0.25, 0.3) is 0 Å². The van der Waals surface area contributed by atoms with Crippen molar-refractivity contribution >= 4 is 44.0 Å². The van der Waals surface area contributed by atoms with Gasteiger partial charge in [-0.2, -0.15) is 0 Å². The van der Waals surface area contributed by atoms with Gasteiger partial charge in [-0.25, -0.2) is 13.1 Å². The quantitative estimate of drug-likeness (QED) is 0.337. The molecule has 3 aromatic rings. The van der Waals surface area contributed by atoms with Crippen molar-refractivity contribution in [2.75, 3.05) is 18.5 Å². The number of rotatable bonds is 10. The van der Waals surface area contributed by atoms with Crippen LogP contribution in [-0.2, 0) is 16.4 Å². The van der Waals surface area contributed by atoms with E-state index in [1.54, 1.807) is 24.3 Å². The van der Waals surface area contributed by atoms with E-state index in [0.29, 0.717) is 5.75 Å². The van der Waals surface area contributed by atoms with Crippen LogP contribution < -0.4 is 14.8 Å². The SMILES string of the molecule is CCCc1ccc(OCCNS(=O)(=O)c2nnc(NC(=O)c3ccccc3Cl)s2)cc1. The molecule has 1 aromatic heterocycles. The second kappa shape index (κ2) is 10.7. The van der Waals surface area contributed by atoms with Gasteiger partial charge in [0.15, 0.2) is 0 Å². The molecule has 0 spiro atoms. The van der Waals surface area contributed by atoms with Gasteiger partial charge in [0.2, 0.25) is 9.47 Å². The van der Waals surface area contributed by atoms with Crippen molar-refractivity contribution in [3.8, 4) is 5.75 Å². The number of hydrogen-bond acceptors (Lipinski definition) is 7. The maximum Gasteiger partial charge on any atom is 0.269 e. The number of hydrogen-bond donors (Lipinski definition) is 2. The number of carbonyl (C=O) groups excluding carboxylic acids is 1. The van der Waals surface area contributed by atoms with E-state index in [-0.39, 0.29) is 33.2 Å². The number of carbonyl (C=O) groups is 1. The molecule has 3 rings (SSSR count). The summed E-state index contributed by atoms with van der Waals surface area (Å²) in [4.78, 5) is 12.3. The van der Waals surface area contributed by atoms with Crippen LogP contribution in [-0.4, -0.2) is 37.7 Å². The fourth-order valence-electron chi connectivity index (χ4n) is 2.63. The van der Waals surface area contributed by atoms with E-state index in [2.05, 4.69) is 27.2 Å². The number of sulfonamides is 1. The summed E-state index contributed by atoms with van der Waals surface area (Å²) in [6, 6.07) is 14.2. The predicted octanol–water partition coefficient (Wildman–Crippen LogP) is 3.75. The topological polar surface area (TPSA) is 110 Å². The molecule has 0 unspecified atom stereocenters. The minimum atomic E-state index is -3.88. The standard InChI is InChI=1S/C20H21ClN4O4S2/c1-2-5-14-8-10-15(11-9-14)29-13-12-22-31(27,28)20-25-24-19(30-20)23-18(26)16-6-3-4-7-17(16)21/h3-4,6-11,22H,2,5,12-13H2,1H3,(H,23,24,26). The van der Waals surface area contributed by atoms with Crippen molar-refractivity contribution in [3.05, 3.63) is 64.7 Å². The van der Waals surface area contributed by atoms with Crippen molar-refractivity contribution in [2.45, 2.75) is 24.1 Å². The summed E-state index contributed by atoms with van der Waals surface area (Å²) in [6.45, 7) is 2.32. The highest BCUT2D eigenvalue weighted by Crippen LogP contribution is 2.22. The highest BCUT2D eigenvalue weighted by molar-refractivity contribution is 7.91. The van der Waals surface area contributed by atoms with Gasteiger partial charge in [0, 0.05) is 6.54 Å². The molecule has 164 valence electrons. The number of benzene rings is 2. The molecule has 2 N–H and O–H groups in total. The molecule has 0 saturated heterocycles. The fourth-order valence-corrected chi connectivity index (χ4v) is 4.80. The summed E-state index contributed by atoms with van der Waals surface area (Å²) in [7, 11) is -3.88. The minimum Gasteiger partial charge on any atom is -0.492 e. The number of anilines is 1. The van der Waals surface area contributed by atoms with Crippen molar-refractivity contribution in [1.82, 2.24) is 14.9 Å². The summed E-state index contributed by atoms with van der Waals surface area (Å²) in [5.74, 6) is 0.163. The average molecular weight is 481 g/mol. The van der Waals surface area contributed by atoms with Crippen LogP contribution in [0.4, 0.5) is 5.13 Å². The normalized spacial score (nSPS) is 11.3. The van der Waals surface area contributed by atoms with Crippen LogP contribution in [0.1, 0.15) is 29.3 Å². The summed E-state index contributed by atoms with van der Waals surface area (Å²) in [6.07, 6.45) is 2.07. The Morgan fingerprint density at radius 2 is 1.87 bits per heavy atom. The first-order valence-electron chi connectivity index (χ1n) is 9.50. The molecular formula is C20H21ClN4O4S2. The smallest absolute Gasteiger partial charge is 0.269 e. The van der Waals surface area contributed by atoms with Crippen molar-refractivity contribution in [3.63, 3.8) is 0 Å². The molecule has 31 heavy (non-hydrogen) atoms. The Bertz CT molecular complexity index is 1130. The second-order valence-electron chi connectivity index (χ2n) is 6.45. The molecule has 0 aliphatic heterocycles. The number of amides is 1. The molecule has 0 radical (unpaired) electrons. The molecule has 0 aliphatic carbocycles. The van der Waals surface area contributed by atoms with Gasteiger partial charge in [-0.3, -0.25) is 10.1 Å². The molecule has 2 aromatic carbocycles. The van der Waals surface area contributed by atoms with Crippen molar-refractivity contribution < 1.29 is 17.9 Å². The third-order valence-corrected chi connectivity index (χ3v) is 7.10. The van der Waals surface area contributed by atoms with Crippen LogP contribution in [0, 0.1) is 0 Å². The Kier molecular flexibility index (Phi) is 7.97. The molecule has 8 nitrogen and oxygen atoms in total. The maximum absolute atomic E-state index is 12.4. The molecule has 0 fully saturated rings. The molecule has 1 heterocycles. The van der Waals surface area contributed by atoms with Crippen molar-refractivity contribution in [1.29, 1.82) is 0 Å². The molecule has 1 amide bonds. The van der Waals surface area contributed by atoms with E-state index in [1.807, 2.05) is 24.3 Å². The third kappa shape index (κ3) is 6.47. The highest BCUT2D eigenvalue weighted by atomic mass is 35.5. The maximum atomic E-state index is 12.4.